The molecule has 0 saturated carbocycles. The summed E-state index contributed by atoms with van der Waals surface area (Å²) in [5.74, 6) is 0.454. The molecule has 0 N–H and O–H groups in total. The Labute approximate surface area is 157 Å². The third-order valence-electron chi connectivity index (χ3n) is 4.95. The summed E-state index contributed by atoms with van der Waals surface area (Å²) in [7, 11) is 0. The highest BCUT2D eigenvalue weighted by molar-refractivity contribution is 9.10. The summed E-state index contributed by atoms with van der Waals surface area (Å²) in [5.41, 5.74) is 0.550. The Bertz CT molecular complexity index is 896. The Hall–Kier alpha value is -2.03. The molecule has 4 heterocycles. The molecule has 1 fully saturated rings. The summed E-state index contributed by atoms with van der Waals surface area (Å²) in [5, 5.41) is 4.43. The number of amides is 1. The zero-order valence-electron chi connectivity index (χ0n) is 14.1. The van der Waals surface area contributed by atoms with Crippen molar-refractivity contribution in [1.82, 2.24) is 24.2 Å². The van der Waals surface area contributed by atoms with Gasteiger partial charge in [0.15, 0.2) is 0 Å². The molecule has 2 aliphatic rings. The first-order valence-electron chi connectivity index (χ1n) is 8.73. The molecule has 1 amide bonds. The van der Waals surface area contributed by atoms with Crippen LogP contribution in [-0.4, -0.2) is 49.4 Å². The van der Waals surface area contributed by atoms with Crippen LogP contribution in [0.15, 0.2) is 27.7 Å². The first kappa shape index (κ1) is 17.4. The smallest absolute Gasteiger partial charge is 0.338 e. The highest BCUT2D eigenvalue weighted by atomic mass is 79.9. The van der Waals surface area contributed by atoms with Gasteiger partial charge in [0.2, 0.25) is 5.91 Å². The lowest BCUT2D eigenvalue weighted by Crippen LogP contribution is -2.41. The number of hydrogen-bond donors (Lipinski definition) is 0. The molecule has 2 atom stereocenters. The Balaban J connectivity index is 1.63. The van der Waals surface area contributed by atoms with Gasteiger partial charge in [-0.05, 0) is 46.8 Å². The molecule has 0 unspecified atom stereocenters. The van der Waals surface area contributed by atoms with E-state index in [4.69, 9.17) is 0 Å². The summed E-state index contributed by atoms with van der Waals surface area (Å²) >= 11 is 3.37. The minimum atomic E-state index is -0.967. The van der Waals surface area contributed by atoms with E-state index in [1.54, 1.807) is 12.4 Å². The molecule has 0 radical (unpaired) electrons. The van der Waals surface area contributed by atoms with Crippen LogP contribution in [0.2, 0.25) is 0 Å². The topological polar surface area (TPSA) is 73.0 Å². The number of nitrogens with zero attached hydrogens (tertiary/aromatic N) is 5. The van der Waals surface area contributed by atoms with Crippen LogP contribution < -0.4 is 5.69 Å². The molecule has 2 aromatic heterocycles. The minimum absolute atomic E-state index is 0.122. The van der Waals surface area contributed by atoms with Crippen molar-refractivity contribution in [3.63, 3.8) is 0 Å². The Morgan fingerprint density at radius 3 is 2.92 bits per heavy atom. The molecule has 7 nitrogen and oxygen atoms in total. The van der Waals surface area contributed by atoms with Crippen LogP contribution in [0.25, 0.3) is 0 Å². The SMILES string of the molecule is O=C([C@@H]1CCCc2nn(Cc3cncc(Br)c3)c(=O)n21)N1CC[C@H](F)C1. The standard InChI is InChI=1S/C17H19BrFN5O2/c18-12-6-11(7-20-8-12)9-23-17(26)24-14(2-1-3-15(24)21-23)16(25)22-5-4-13(19)10-22/h6-8,13-14H,1-5,9-10H2/t13-,14-/m0/s1. The molecule has 0 spiro atoms. The van der Waals surface area contributed by atoms with Gasteiger partial charge in [0.1, 0.15) is 18.0 Å². The highest BCUT2D eigenvalue weighted by Crippen LogP contribution is 2.26. The maximum absolute atomic E-state index is 13.5. The fourth-order valence-corrected chi connectivity index (χ4v) is 4.12. The molecule has 4 rings (SSSR count). The van der Waals surface area contributed by atoms with Gasteiger partial charge in [0, 0.05) is 29.8 Å². The minimum Gasteiger partial charge on any atom is -0.338 e. The Morgan fingerprint density at radius 2 is 2.19 bits per heavy atom. The summed E-state index contributed by atoms with van der Waals surface area (Å²) in [4.78, 5) is 31.3. The number of likely N-dealkylation sites (tertiary alicyclic amines) is 1. The van der Waals surface area contributed by atoms with Gasteiger partial charge >= 0.3 is 5.69 Å². The van der Waals surface area contributed by atoms with Crippen LogP contribution in [0.1, 0.15) is 36.7 Å². The van der Waals surface area contributed by atoms with Crippen molar-refractivity contribution in [3.8, 4) is 0 Å². The first-order chi connectivity index (χ1) is 12.5. The van der Waals surface area contributed by atoms with Crippen molar-refractivity contribution in [1.29, 1.82) is 0 Å². The number of aryl methyl sites for hydroxylation is 1. The molecule has 26 heavy (non-hydrogen) atoms. The average Bonchev–Trinajstić information content (AvgIpc) is 3.18. The molecular weight excluding hydrogens is 405 g/mol. The van der Waals surface area contributed by atoms with Crippen molar-refractivity contribution < 1.29 is 9.18 Å². The number of alkyl halides is 1. The zero-order valence-corrected chi connectivity index (χ0v) is 15.7. The van der Waals surface area contributed by atoms with E-state index in [1.807, 2.05) is 6.07 Å². The summed E-state index contributed by atoms with van der Waals surface area (Å²) < 4.78 is 17.2. The molecule has 0 aliphatic carbocycles. The van der Waals surface area contributed by atoms with E-state index >= 15 is 0 Å². The molecule has 2 aromatic rings. The summed E-state index contributed by atoms with van der Waals surface area (Å²) in [6.07, 6.45) is 4.80. The fraction of sp³-hybridized carbons (Fsp3) is 0.529. The van der Waals surface area contributed by atoms with Gasteiger partial charge < -0.3 is 4.90 Å². The highest BCUT2D eigenvalue weighted by Gasteiger charge is 2.36. The van der Waals surface area contributed by atoms with Crippen LogP contribution in [0.4, 0.5) is 4.39 Å². The molecular formula is C17H19BrFN5O2. The van der Waals surface area contributed by atoms with Crippen molar-refractivity contribution >= 4 is 21.8 Å². The normalized spacial score (nSPS) is 22.5. The number of hydrogen-bond acceptors (Lipinski definition) is 4. The third-order valence-corrected chi connectivity index (χ3v) is 5.39. The number of aromatic nitrogens is 4. The van der Waals surface area contributed by atoms with E-state index < -0.39 is 12.2 Å². The van der Waals surface area contributed by atoms with Crippen LogP contribution in [0, 0.1) is 0 Å². The van der Waals surface area contributed by atoms with E-state index in [9.17, 15) is 14.0 Å². The lowest BCUT2D eigenvalue weighted by Gasteiger charge is -2.26. The molecule has 0 bridgehead atoms. The largest absolute Gasteiger partial charge is 0.346 e. The van der Waals surface area contributed by atoms with E-state index in [1.165, 1.54) is 14.1 Å². The molecule has 2 aliphatic heterocycles. The maximum Gasteiger partial charge on any atom is 0.346 e. The van der Waals surface area contributed by atoms with Crippen molar-refractivity contribution in [2.24, 2.45) is 0 Å². The lowest BCUT2D eigenvalue weighted by molar-refractivity contribution is -0.134. The number of halogens is 2. The number of rotatable bonds is 3. The lowest BCUT2D eigenvalue weighted by atomic mass is 10.0. The van der Waals surface area contributed by atoms with Crippen molar-refractivity contribution in [2.75, 3.05) is 13.1 Å². The first-order valence-corrected chi connectivity index (χ1v) is 9.52. The molecule has 1 saturated heterocycles. The van der Waals surface area contributed by atoms with Gasteiger partial charge in [-0.15, -0.1) is 0 Å². The average molecular weight is 424 g/mol. The predicted octanol–water partition coefficient (Wildman–Crippen LogP) is 1.70. The van der Waals surface area contributed by atoms with Gasteiger partial charge in [-0.2, -0.15) is 5.10 Å². The van der Waals surface area contributed by atoms with E-state index in [0.717, 1.165) is 16.5 Å². The second-order valence-electron chi connectivity index (χ2n) is 6.82. The third kappa shape index (κ3) is 3.20. The van der Waals surface area contributed by atoms with Gasteiger partial charge in [0.25, 0.3) is 0 Å². The molecule has 0 aromatic carbocycles. The van der Waals surface area contributed by atoms with Crippen molar-refractivity contribution in [2.45, 2.75) is 44.4 Å². The van der Waals surface area contributed by atoms with E-state index in [2.05, 4.69) is 26.0 Å². The fourth-order valence-electron chi connectivity index (χ4n) is 3.71. The Kier molecular flexibility index (Phi) is 4.64. The summed E-state index contributed by atoms with van der Waals surface area (Å²) in [6, 6.07) is 1.30. The maximum atomic E-state index is 13.5. The molecule has 9 heteroatoms. The quantitative estimate of drug-likeness (QED) is 0.752. The van der Waals surface area contributed by atoms with Crippen molar-refractivity contribution in [3.05, 3.63) is 44.8 Å². The number of pyridine rings is 1. The number of carbonyl (C=O) groups is 1. The van der Waals surface area contributed by atoms with Gasteiger partial charge in [-0.1, -0.05) is 0 Å². The van der Waals surface area contributed by atoms with Crippen LogP contribution in [-0.2, 0) is 17.8 Å². The van der Waals surface area contributed by atoms with Crippen LogP contribution >= 0.6 is 15.9 Å². The zero-order chi connectivity index (χ0) is 18.3. The number of fused-ring (bicyclic) bond motifs is 1. The van der Waals surface area contributed by atoms with Crippen LogP contribution in [0.3, 0.4) is 0 Å². The van der Waals surface area contributed by atoms with Gasteiger partial charge in [-0.3, -0.25) is 14.3 Å². The predicted molar refractivity (Wildman–Crippen MR) is 95.6 cm³/mol. The second kappa shape index (κ2) is 6.94. The Morgan fingerprint density at radius 1 is 1.35 bits per heavy atom. The van der Waals surface area contributed by atoms with Crippen LogP contribution in [0.5, 0.6) is 0 Å². The summed E-state index contributed by atoms with van der Waals surface area (Å²) in [6.45, 7) is 0.831. The monoisotopic (exact) mass is 423 g/mol. The molecule has 138 valence electrons. The van der Waals surface area contributed by atoms with E-state index in [-0.39, 0.29) is 18.1 Å². The van der Waals surface area contributed by atoms with E-state index in [0.29, 0.717) is 38.2 Å². The van der Waals surface area contributed by atoms with Gasteiger partial charge in [0.05, 0.1) is 13.1 Å². The van der Waals surface area contributed by atoms with Gasteiger partial charge in [-0.25, -0.2) is 13.9 Å². The second-order valence-corrected chi connectivity index (χ2v) is 7.73. The number of carbonyl (C=O) groups excluding carboxylic acids is 1.